The number of hydrogen-bond donors (Lipinski definition) is 1. The molecule has 108 valence electrons. The Morgan fingerprint density at radius 1 is 1.20 bits per heavy atom. The van der Waals surface area contributed by atoms with Crippen LogP contribution in [0.5, 0.6) is 0 Å². The van der Waals surface area contributed by atoms with E-state index in [1.807, 2.05) is 0 Å². The molecular formula is C14H16F3N3. The molecule has 0 spiro atoms. The summed E-state index contributed by atoms with van der Waals surface area (Å²) in [6.07, 6.45) is -1.29. The molecule has 0 bridgehead atoms. The predicted octanol–water partition coefficient (Wildman–Crippen LogP) is 3.14. The summed E-state index contributed by atoms with van der Waals surface area (Å²) in [5.41, 5.74) is 5.59. The molecule has 1 aromatic carbocycles. The molecular weight excluding hydrogens is 267 g/mol. The van der Waals surface area contributed by atoms with Gasteiger partial charge in [0.2, 0.25) is 0 Å². The Kier molecular flexibility index (Phi) is 3.60. The van der Waals surface area contributed by atoms with E-state index in [0.29, 0.717) is 5.69 Å². The highest BCUT2D eigenvalue weighted by atomic mass is 19.4. The minimum atomic E-state index is -4.37. The zero-order chi connectivity index (χ0) is 15.0. The molecule has 3 nitrogen and oxygen atoms in total. The van der Waals surface area contributed by atoms with E-state index in [1.165, 1.54) is 18.5 Å². The first-order valence-electron chi connectivity index (χ1n) is 6.14. The molecule has 0 aliphatic rings. The maximum Gasteiger partial charge on any atom is 0.416 e. The minimum absolute atomic E-state index is 0.0889. The normalized spacial score (nSPS) is 12.7. The van der Waals surface area contributed by atoms with Gasteiger partial charge in [-0.3, -0.25) is 0 Å². The van der Waals surface area contributed by atoms with Crippen molar-refractivity contribution in [2.75, 3.05) is 0 Å². The maximum atomic E-state index is 13.0. The first-order chi connectivity index (χ1) is 9.19. The van der Waals surface area contributed by atoms with Gasteiger partial charge in [0.15, 0.2) is 0 Å². The molecule has 2 rings (SSSR count). The lowest BCUT2D eigenvalue weighted by Gasteiger charge is -2.21. The molecule has 2 aromatic rings. The minimum Gasteiger partial charge on any atom is -0.328 e. The molecule has 0 aliphatic heterocycles. The second-order valence-corrected chi connectivity index (χ2v) is 5.28. The van der Waals surface area contributed by atoms with Gasteiger partial charge >= 0.3 is 6.18 Å². The Morgan fingerprint density at radius 2 is 1.85 bits per heavy atom. The molecule has 0 radical (unpaired) electrons. The maximum absolute atomic E-state index is 13.0. The van der Waals surface area contributed by atoms with E-state index in [-0.39, 0.29) is 12.1 Å². The summed E-state index contributed by atoms with van der Waals surface area (Å²) in [6.45, 7) is 3.66. The van der Waals surface area contributed by atoms with Gasteiger partial charge in [0, 0.05) is 12.7 Å². The number of halogens is 3. The number of benzene rings is 1. The van der Waals surface area contributed by atoms with Gasteiger partial charge in [-0.15, -0.1) is 0 Å². The van der Waals surface area contributed by atoms with Crippen LogP contribution in [0.15, 0.2) is 36.8 Å². The highest BCUT2D eigenvalue weighted by Crippen LogP contribution is 2.32. The third kappa shape index (κ3) is 3.01. The van der Waals surface area contributed by atoms with E-state index in [9.17, 15) is 13.2 Å². The summed E-state index contributed by atoms with van der Waals surface area (Å²) in [5.74, 6) is 0. The van der Waals surface area contributed by atoms with Crippen molar-refractivity contribution in [3.05, 3.63) is 53.6 Å². The fraction of sp³-hybridized carbons (Fsp3) is 0.357. The quantitative estimate of drug-likeness (QED) is 0.940. The topological polar surface area (TPSA) is 43.8 Å². The molecule has 0 saturated heterocycles. The zero-order valence-corrected chi connectivity index (χ0v) is 11.3. The fourth-order valence-corrected chi connectivity index (χ4v) is 2.10. The molecule has 6 heteroatoms. The molecule has 1 heterocycles. The summed E-state index contributed by atoms with van der Waals surface area (Å²) in [4.78, 5) is 3.98. The van der Waals surface area contributed by atoms with Crippen molar-refractivity contribution in [2.45, 2.75) is 32.1 Å². The first kappa shape index (κ1) is 14.6. The van der Waals surface area contributed by atoms with E-state index in [1.54, 1.807) is 30.7 Å². The van der Waals surface area contributed by atoms with E-state index in [2.05, 4.69) is 4.98 Å². The highest BCUT2D eigenvalue weighted by Gasteiger charge is 2.33. The van der Waals surface area contributed by atoms with Crippen molar-refractivity contribution in [1.82, 2.24) is 9.55 Å². The van der Waals surface area contributed by atoms with E-state index >= 15 is 0 Å². The molecule has 0 amide bonds. The van der Waals surface area contributed by atoms with Crippen molar-refractivity contribution in [2.24, 2.45) is 5.73 Å². The smallest absolute Gasteiger partial charge is 0.328 e. The van der Waals surface area contributed by atoms with Gasteiger partial charge < -0.3 is 10.3 Å². The highest BCUT2D eigenvalue weighted by molar-refractivity contribution is 5.30. The number of alkyl halides is 3. The van der Waals surface area contributed by atoms with Gasteiger partial charge in [-0.2, -0.15) is 13.2 Å². The second-order valence-electron chi connectivity index (χ2n) is 5.28. The van der Waals surface area contributed by atoms with Crippen LogP contribution in [0.25, 0.3) is 0 Å². The third-order valence-electron chi connectivity index (χ3n) is 3.04. The Morgan fingerprint density at radius 3 is 2.45 bits per heavy atom. The predicted molar refractivity (Wildman–Crippen MR) is 70.0 cm³/mol. The lowest BCUT2D eigenvalue weighted by atomic mass is 10.0. The second kappa shape index (κ2) is 4.94. The zero-order valence-electron chi connectivity index (χ0n) is 11.3. The standard InChI is InChI=1S/C14H16F3N3/c1-13(2,18)12-7-19-9-20(12)8-10-5-3-4-6-11(10)14(15,16)17/h3-7,9H,8,18H2,1-2H3. The Labute approximate surface area is 115 Å². The Bertz CT molecular complexity index is 594. The Balaban J connectivity index is 2.40. The van der Waals surface area contributed by atoms with Crippen LogP contribution in [0.1, 0.15) is 30.7 Å². The summed E-state index contributed by atoms with van der Waals surface area (Å²) in [7, 11) is 0. The number of hydrogen-bond acceptors (Lipinski definition) is 2. The summed E-state index contributed by atoms with van der Waals surface area (Å²) < 4.78 is 40.5. The SMILES string of the molecule is CC(C)(N)c1cncn1Cc1ccccc1C(F)(F)F. The van der Waals surface area contributed by atoms with E-state index < -0.39 is 17.3 Å². The van der Waals surface area contributed by atoms with Gasteiger partial charge in [-0.05, 0) is 25.5 Å². The van der Waals surface area contributed by atoms with Crippen molar-refractivity contribution < 1.29 is 13.2 Å². The molecule has 2 N–H and O–H groups in total. The van der Waals surface area contributed by atoms with E-state index in [4.69, 9.17) is 5.73 Å². The molecule has 0 fully saturated rings. The average Bonchev–Trinajstić information content (AvgIpc) is 2.76. The monoisotopic (exact) mass is 283 g/mol. The fourth-order valence-electron chi connectivity index (χ4n) is 2.10. The van der Waals surface area contributed by atoms with Gasteiger partial charge in [-0.25, -0.2) is 4.98 Å². The molecule has 0 aliphatic carbocycles. The number of aromatic nitrogens is 2. The summed E-state index contributed by atoms with van der Waals surface area (Å²) >= 11 is 0. The van der Waals surface area contributed by atoms with Crippen LogP contribution >= 0.6 is 0 Å². The summed E-state index contributed by atoms with van der Waals surface area (Å²) in [6, 6.07) is 5.53. The first-order valence-corrected chi connectivity index (χ1v) is 6.14. The Hall–Kier alpha value is -1.82. The van der Waals surface area contributed by atoms with Gasteiger partial charge in [0.1, 0.15) is 0 Å². The van der Waals surface area contributed by atoms with Crippen molar-refractivity contribution in [3.8, 4) is 0 Å². The van der Waals surface area contributed by atoms with Crippen LogP contribution in [-0.2, 0) is 18.3 Å². The molecule has 1 aromatic heterocycles. The van der Waals surface area contributed by atoms with Gasteiger partial charge in [-0.1, -0.05) is 18.2 Å². The average molecular weight is 283 g/mol. The number of imidazole rings is 1. The number of nitrogens with zero attached hydrogens (tertiary/aromatic N) is 2. The largest absolute Gasteiger partial charge is 0.416 e. The van der Waals surface area contributed by atoms with Gasteiger partial charge in [0.05, 0.1) is 23.1 Å². The van der Waals surface area contributed by atoms with Crippen LogP contribution in [0.2, 0.25) is 0 Å². The third-order valence-corrected chi connectivity index (χ3v) is 3.04. The number of rotatable bonds is 3. The molecule has 0 saturated carbocycles. The van der Waals surface area contributed by atoms with Crippen molar-refractivity contribution >= 4 is 0 Å². The lowest BCUT2D eigenvalue weighted by Crippen LogP contribution is -2.31. The van der Waals surface area contributed by atoms with Gasteiger partial charge in [0.25, 0.3) is 0 Å². The van der Waals surface area contributed by atoms with Crippen molar-refractivity contribution in [3.63, 3.8) is 0 Å². The van der Waals surface area contributed by atoms with Crippen LogP contribution in [0, 0.1) is 0 Å². The molecule has 0 unspecified atom stereocenters. The van der Waals surface area contributed by atoms with Crippen LogP contribution < -0.4 is 5.73 Å². The molecule has 20 heavy (non-hydrogen) atoms. The summed E-state index contributed by atoms with van der Waals surface area (Å²) in [5, 5.41) is 0. The molecule has 0 atom stereocenters. The number of nitrogens with two attached hydrogens (primary N) is 1. The van der Waals surface area contributed by atoms with Crippen LogP contribution in [0.3, 0.4) is 0 Å². The van der Waals surface area contributed by atoms with Crippen LogP contribution in [-0.4, -0.2) is 9.55 Å². The lowest BCUT2D eigenvalue weighted by molar-refractivity contribution is -0.138. The van der Waals surface area contributed by atoms with E-state index in [0.717, 1.165) is 6.07 Å². The van der Waals surface area contributed by atoms with Crippen LogP contribution in [0.4, 0.5) is 13.2 Å². The van der Waals surface area contributed by atoms with Crippen molar-refractivity contribution in [1.29, 1.82) is 0 Å².